The van der Waals surface area contributed by atoms with Crippen molar-refractivity contribution in [1.82, 2.24) is 4.72 Å². The number of benzene rings is 1. The second-order valence-electron chi connectivity index (χ2n) is 4.22. The van der Waals surface area contributed by atoms with Crippen molar-refractivity contribution in [3.05, 3.63) is 29.3 Å². The summed E-state index contributed by atoms with van der Waals surface area (Å²) in [5.41, 5.74) is 5.55. The van der Waals surface area contributed by atoms with Crippen LogP contribution in [-0.2, 0) is 19.6 Å². The van der Waals surface area contributed by atoms with Crippen LogP contribution < -0.4 is 10.5 Å². The number of amides is 1. The van der Waals surface area contributed by atoms with Crippen LogP contribution in [-0.4, -0.2) is 33.4 Å². The molecule has 0 saturated heterocycles. The predicted molar refractivity (Wildman–Crippen MR) is 71.5 cm³/mol. The molecule has 0 bridgehead atoms. The van der Waals surface area contributed by atoms with Crippen molar-refractivity contribution in [2.45, 2.75) is 24.8 Å². The summed E-state index contributed by atoms with van der Waals surface area (Å²) < 4.78 is 31.0. The minimum Gasteiger partial charge on any atom is -0.465 e. The van der Waals surface area contributed by atoms with Crippen LogP contribution in [0.15, 0.2) is 23.1 Å². The van der Waals surface area contributed by atoms with Gasteiger partial charge in [-0.2, -0.15) is 4.72 Å². The fourth-order valence-corrected chi connectivity index (χ4v) is 2.97. The van der Waals surface area contributed by atoms with Crippen LogP contribution in [0.3, 0.4) is 0 Å². The van der Waals surface area contributed by atoms with Crippen molar-refractivity contribution in [2.24, 2.45) is 5.73 Å². The van der Waals surface area contributed by atoms with Gasteiger partial charge in [0, 0.05) is 0 Å². The average Bonchev–Trinajstić information content (AvgIpc) is 2.37. The molecule has 0 aliphatic rings. The molecule has 0 radical (unpaired) electrons. The first-order valence-electron chi connectivity index (χ1n) is 5.69. The molecule has 0 spiro atoms. The zero-order chi connectivity index (χ0) is 15.5. The Morgan fingerprint density at radius 1 is 1.35 bits per heavy atom. The normalized spacial score (nSPS) is 12.8. The fraction of sp³-hybridized carbons (Fsp3) is 0.333. The Morgan fingerprint density at radius 3 is 2.45 bits per heavy atom. The van der Waals surface area contributed by atoms with Crippen molar-refractivity contribution >= 4 is 21.9 Å². The maximum atomic E-state index is 12.2. The lowest BCUT2D eigenvalue weighted by molar-refractivity contribution is -0.119. The van der Waals surface area contributed by atoms with Gasteiger partial charge in [-0.25, -0.2) is 13.2 Å². The number of sulfonamides is 1. The van der Waals surface area contributed by atoms with Gasteiger partial charge in [-0.1, -0.05) is 6.07 Å². The molecule has 0 aromatic heterocycles. The number of primary amides is 1. The minimum absolute atomic E-state index is 0.102. The number of ether oxygens (including phenoxy) is 1. The van der Waals surface area contributed by atoms with Crippen LogP contribution in [0.2, 0.25) is 0 Å². The quantitative estimate of drug-likeness (QED) is 0.739. The molecule has 0 heterocycles. The summed E-state index contributed by atoms with van der Waals surface area (Å²) in [6.07, 6.45) is 0. The molecule has 1 aromatic carbocycles. The highest BCUT2D eigenvalue weighted by Gasteiger charge is 2.23. The van der Waals surface area contributed by atoms with E-state index in [0.29, 0.717) is 5.56 Å². The lowest BCUT2D eigenvalue weighted by Crippen LogP contribution is -2.42. The number of hydrogen-bond donors (Lipinski definition) is 2. The van der Waals surface area contributed by atoms with Gasteiger partial charge in [0.2, 0.25) is 15.9 Å². The molecule has 1 unspecified atom stereocenters. The van der Waals surface area contributed by atoms with E-state index in [0.717, 1.165) is 0 Å². The Labute approximate surface area is 117 Å². The van der Waals surface area contributed by atoms with Gasteiger partial charge in [0.05, 0.1) is 23.6 Å². The summed E-state index contributed by atoms with van der Waals surface area (Å²) in [7, 11) is -2.76. The van der Waals surface area contributed by atoms with Crippen molar-refractivity contribution in [3.63, 3.8) is 0 Å². The molecule has 3 N–H and O–H groups in total. The maximum Gasteiger partial charge on any atom is 0.337 e. The summed E-state index contributed by atoms with van der Waals surface area (Å²) >= 11 is 0. The molecule has 7 nitrogen and oxygen atoms in total. The second kappa shape index (κ2) is 6.02. The number of nitrogens with two attached hydrogens (primary N) is 1. The van der Waals surface area contributed by atoms with Gasteiger partial charge in [-0.05, 0) is 31.5 Å². The first-order valence-corrected chi connectivity index (χ1v) is 7.18. The molecule has 0 aliphatic heterocycles. The molecule has 0 aliphatic carbocycles. The Morgan fingerprint density at radius 2 is 1.95 bits per heavy atom. The molecule has 0 saturated carbocycles. The molecule has 1 aromatic rings. The molecule has 0 fully saturated rings. The second-order valence-corrected chi connectivity index (χ2v) is 5.90. The van der Waals surface area contributed by atoms with E-state index in [-0.39, 0.29) is 10.5 Å². The number of carbonyl (C=O) groups excluding carboxylic acids is 2. The Kier molecular flexibility index (Phi) is 4.85. The predicted octanol–water partition coefficient (Wildman–Crippen LogP) is -0.0663. The first kappa shape index (κ1) is 16.1. The van der Waals surface area contributed by atoms with Crippen molar-refractivity contribution in [3.8, 4) is 0 Å². The molecular weight excluding hydrogens is 284 g/mol. The van der Waals surface area contributed by atoms with Crippen molar-refractivity contribution in [2.75, 3.05) is 7.11 Å². The molecule has 1 amide bonds. The first-order chi connectivity index (χ1) is 9.19. The zero-order valence-corrected chi connectivity index (χ0v) is 12.2. The van der Waals surface area contributed by atoms with E-state index in [1.54, 1.807) is 6.92 Å². The van der Waals surface area contributed by atoms with Crippen molar-refractivity contribution < 1.29 is 22.7 Å². The summed E-state index contributed by atoms with van der Waals surface area (Å²) in [6, 6.07) is 3.08. The Balaban J connectivity index is 3.24. The SMILES string of the molecule is COC(=O)c1ccc(C)c(S(=O)(=O)NC(C)C(N)=O)c1. The monoisotopic (exact) mass is 300 g/mol. The van der Waals surface area contributed by atoms with E-state index in [1.165, 1.54) is 32.2 Å². The topological polar surface area (TPSA) is 116 Å². The van der Waals surface area contributed by atoms with Crippen LogP contribution in [0.25, 0.3) is 0 Å². The summed E-state index contributed by atoms with van der Waals surface area (Å²) in [6.45, 7) is 2.91. The third kappa shape index (κ3) is 3.55. The van der Waals surface area contributed by atoms with Gasteiger partial charge in [-0.3, -0.25) is 4.79 Å². The lowest BCUT2D eigenvalue weighted by atomic mass is 10.1. The fourth-order valence-electron chi connectivity index (χ4n) is 1.49. The highest BCUT2D eigenvalue weighted by Crippen LogP contribution is 2.18. The van der Waals surface area contributed by atoms with E-state index in [4.69, 9.17) is 5.73 Å². The highest BCUT2D eigenvalue weighted by atomic mass is 32.2. The van der Waals surface area contributed by atoms with Crippen LogP contribution in [0, 0.1) is 6.92 Å². The summed E-state index contributed by atoms with van der Waals surface area (Å²) in [4.78, 5) is 22.3. The molecular formula is C12H16N2O5S. The van der Waals surface area contributed by atoms with Gasteiger partial charge in [0.25, 0.3) is 0 Å². The molecule has 1 rings (SSSR count). The Bertz CT molecular complexity index is 639. The van der Waals surface area contributed by atoms with Crippen LogP contribution >= 0.6 is 0 Å². The number of aryl methyl sites for hydroxylation is 1. The van der Waals surface area contributed by atoms with Gasteiger partial charge in [0.15, 0.2) is 0 Å². The van der Waals surface area contributed by atoms with Gasteiger partial charge >= 0.3 is 5.97 Å². The van der Waals surface area contributed by atoms with E-state index in [9.17, 15) is 18.0 Å². The van der Waals surface area contributed by atoms with E-state index in [2.05, 4.69) is 9.46 Å². The van der Waals surface area contributed by atoms with E-state index >= 15 is 0 Å². The van der Waals surface area contributed by atoms with Crippen LogP contribution in [0.1, 0.15) is 22.8 Å². The van der Waals surface area contributed by atoms with Crippen LogP contribution in [0.5, 0.6) is 0 Å². The van der Waals surface area contributed by atoms with Crippen LogP contribution in [0.4, 0.5) is 0 Å². The molecule has 8 heteroatoms. The third-order valence-electron chi connectivity index (χ3n) is 2.66. The van der Waals surface area contributed by atoms with Crippen molar-refractivity contribution in [1.29, 1.82) is 0 Å². The lowest BCUT2D eigenvalue weighted by Gasteiger charge is -2.13. The molecule has 1 atom stereocenters. The number of hydrogen-bond acceptors (Lipinski definition) is 5. The van der Waals surface area contributed by atoms with Gasteiger partial charge < -0.3 is 10.5 Å². The number of rotatable bonds is 5. The standard InChI is InChI=1S/C12H16N2O5S/c1-7-4-5-9(12(16)19-3)6-10(7)20(17,18)14-8(2)11(13)15/h4-6,8,14H,1-3H3,(H2,13,15). The largest absolute Gasteiger partial charge is 0.465 e. The summed E-state index contributed by atoms with van der Waals surface area (Å²) in [5, 5.41) is 0. The van der Waals surface area contributed by atoms with Gasteiger partial charge in [-0.15, -0.1) is 0 Å². The highest BCUT2D eigenvalue weighted by molar-refractivity contribution is 7.89. The van der Waals surface area contributed by atoms with E-state index < -0.39 is 27.9 Å². The average molecular weight is 300 g/mol. The summed E-state index contributed by atoms with van der Waals surface area (Å²) in [5.74, 6) is -1.44. The zero-order valence-electron chi connectivity index (χ0n) is 11.3. The number of nitrogens with one attached hydrogen (secondary N) is 1. The third-order valence-corrected chi connectivity index (χ3v) is 4.34. The smallest absolute Gasteiger partial charge is 0.337 e. The maximum absolute atomic E-state index is 12.2. The van der Waals surface area contributed by atoms with Gasteiger partial charge in [0.1, 0.15) is 0 Å². The molecule has 110 valence electrons. The number of esters is 1. The minimum atomic E-state index is -3.96. The number of carbonyl (C=O) groups is 2. The van der Waals surface area contributed by atoms with E-state index in [1.807, 2.05) is 0 Å². The number of methoxy groups -OCH3 is 1. The Hall–Kier alpha value is -1.93. The molecule has 20 heavy (non-hydrogen) atoms.